The number of carbonyl (C=O) groups is 1. The van der Waals surface area contributed by atoms with E-state index in [1.54, 1.807) is 6.08 Å². The normalized spacial score (nSPS) is 14.9. The number of carbonyl (C=O) groups excluding carboxylic acids is 1. The third-order valence-corrected chi connectivity index (χ3v) is 10.9. The van der Waals surface area contributed by atoms with Gasteiger partial charge in [0.25, 0.3) is 0 Å². The molecule has 3 N–H and O–H groups in total. The van der Waals surface area contributed by atoms with Crippen molar-refractivity contribution in [3.05, 3.63) is 72.9 Å². The number of hydrogen-bond acceptors (Lipinski definition) is 5. The van der Waals surface area contributed by atoms with E-state index < -0.39 is 20.0 Å². The number of unbranched alkanes of at least 4 members (excludes halogenated alkanes) is 18. The monoisotopic (exact) mass is 834 g/mol. The number of likely N-dealkylation sites (N-methyl/N-ethyl adjacent to an activating group) is 1. The Morgan fingerprint density at radius 2 is 1.03 bits per heavy atom. The van der Waals surface area contributed by atoms with Gasteiger partial charge in [-0.1, -0.05) is 189 Å². The number of aliphatic hydroxyl groups is 1. The Labute approximate surface area is 357 Å². The minimum atomic E-state index is -4.36. The molecule has 0 aliphatic rings. The highest BCUT2D eigenvalue weighted by atomic mass is 31.2. The Morgan fingerprint density at radius 1 is 0.603 bits per heavy atom. The van der Waals surface area contributed by atoms with E-state index in [1.165, 1.54) is 96.3 Å². The van der Waals surface area contributed by atoms with Gasteiger partial charge in [-0.15, -0.1) is 0 Å². The van der Waals surface area contributed by atoms with E-state index in [4.69, 9.17) is 9.05 Å². The number of phosphoric ester groups is 1. The lowest BCUT2D eigenvalue weighted by Crippen LogP contribution is -2.45. The Kier molecular flexibility index (Phi) is 38.9. The highest BCUT2D eigenvalue weighted by molar-refractivity contribution is 7.47. The number of nitrogens with one attached hydrogen (secondary N) is 1. The van der Waals surface area contributed by atoms with E-state index in [0.717, 1.165) is 57.8 Å². The molecule has 0 aromatic heterocycles. The molecule has 0 aromatic carbocycles. The minimum absolute atomic E-state index is 0.0475. The molecule has 336 valence electrons. The Bertz CT molecular complexity index is 1170. The lowest BCUT2D eigenvalue weighted by Gasteiger charge is -2.25. The Morgan fingerprint density at radius 3 is 1.50 bits per heavy atom. The number of quaternary nitrogens is 1. The summed E-state index contributed by atoms with van der Waals surface area (Å²) in [4.78, 5) is 23.1. The molecule has 0 spiro atoms. The molecule has 0 aliphatic heterocycles. The fourth-order valence-electron chi connectivity index (χ4n) is 6.25. The maximum Gasteiger partial charge on any atom is 0.472 e. The highest BCUT2D eigenvalue weighted by Gasteiger charge is 2.27. The quantitative estimate of drug-likeness (QED) is 0.0245. The topological polar surface area (TPSA) is 105 Å². The van der Waals surface area contributed by atoms with Crippen molar-refractivity contribution >= 4 is 13.7 Å². The van der Waals surface area contributed by atoms with Gasteiger partial charge in [0, 0.05) is 6.42 Å². The van der Waals surface area contributed by atoms with Gasteiger partial charge in [-0.05, 0) is 57.8 Å². The average Bonchev–Trinajstić information content (AvgIpc) is 3.17. The molecule has 9 heteroatoms. The van der Waals surface area contributed by atoms with E-state index in [2.05, 4.69) is 79.9 Å². The minimum Gasteiger partial charge on any atom is -0.387 e. The molecule has 0 heterocycles. The molecule has 0 radical (unpaired) electrons. The second-order valence-corrected chi connectivity index (χ2v) is 18.2. The maximum absolute atomic E-state index is 12.9. The molecular weight excluding hydrogens is 744 g/mol. The van der Waals surface area contributed by atoms with E-state index in [-0.39, 0.29) is 25.5 Å². The molecule has 0 saturated heterocycles. The van der Waals surface area contributed by atoms with Crippen LogP contribution in [-0.2, 0) is 18.4 Å². The van der Waals surface area contributed by atoms with Gasteiger partial charge in [0.1, 0.15) is 13.2 Å². The number of amides is 1. The number of aliphatic hydroxyl groups excluding tert-OH is 1. The van der Waals surface area contributed by atoms with Crippen molar-refractivity contribution in [3.63, 3.8) is 0 Å². The summed E-state index contributed by atoms with van der Waals surface area (Å²) >= 11 is 0. The van der Waals surface area contributed by atoms with Crippen LogP contribution in [0.3, 0.4) is 0 Å². The van der Waals surface area contributed by atoms with Crippen molar-refractivity contribution in [3.8, 4) is 0 Å². The second-order valence-electron chi connectivity index (χ2n) is 16.8. The number of nitrogens with zero attached hydrogens (tertiary/aromatic N) is 1. The fourth-order valence-corrected chi connectivity index (χ4v) is 6.99. The average molecular weight is 834 g/mol. The van der Waals surface area contributed by atoms with Crippen LogP contribution >= 0.6 is 7.82 Å². The summed E-state index contributed by atoms with van der Waals surface area (Å²) in [6.07, 6.45) is 54.1. The van der Waals surface area contributed by atoms with E-state index in [9.17, 15) is 19.4 Å². The first-order valence-electron chi connectivity index (χ1n) is 23.3. The van der Waals surface area contributed by atoms with Crippen LogP contribution in [0.1, 0.15) is 181 Å². The molecular formula is C49H90N2O6P+. The smallest absolute Gasteiger partial charge is 0.387 e. The number of rotatable bonds is 41. The summed E-state index contributed by atoms with van der Waals surface area (Å²) in [5, 5.41) is 13.8. The molecule has 8 nitrogen and oxygen atoms in total. The third-order valence-electron chi connectivity index (χ3n) is 9.93. The molecule has 0 fully saturated rings. The lowest BCUT2D eigenvalue weighted by molar-refractivity contribution is -0.870. The van der Waals surface area contributed by atoms with Gasteiger partial charge in [0.2, 0.25) is 5.91 Å². The Hall–Kier alpha value is -2.06. The predicted molar refractivity (Wildman–Crippen MR) is 249 cm³/mol. The van der Waals surface area contributed by atoms with E-state index in [1.807, 2.05) is 27.2 Å². The van der Waals surface area contributed by atoms with Crippen molar-refractivity contribution in [1.82, 2.24) is 5.32 Å². The van der Waals surface area contributed by atoms with Crippen LogP contribution in [0.15, 0.2) is 72.9 Å². The lowest BCUT2D eigenvalue weighted by atomic mass is 10.0. The summed E-state index contributed by atoms with van der Waals surface area (Å²) < 4.78 is 23.6. The summed E-state index contributed by atoms with van der Waals surface area (Å²) in [6.45, 7) is 4.65. The fraction of sp³-hybridized carbons (Fsp3) is 0.735. The van der Waals surface area contributed by atoms with Crippen molar-refractivity contribution in [2.45, 2.75) is 193 Å². The van der Waals surface area contributed by atoms with Gasteiger partial charge in [0.05, 0.1) is 39.9 Å². The molecule has 0 aromatic rings. The van der Waals surface area contributed by atoms with Gasteiger partial charge in [-0.25, -0.2) is 4.57 Å². The van der Waals surface area contributed by atoms with Crippen molar-refractivity contribution in [1.29, 1.82) is 0 Å². The van der Waals surface area contributed by atoms with Crippen LogP contribution in [0.5, 0.6) is 0 Å². The van der Waals surface area contributed by atoms with Crippen LogP contribution in [0.25, 0.3) is 0 Å². The Balaban J connectivity index is 4.50. The third kappa shape index (κ3) is 42.1. The first-order chi connectivity index (χ1) is 28.0. The van der Waals surface area contributed by atoms with Gasteiger partial charge in [-0.2, -0.15) is 0 Å². The molecule has 3 unspecified atom stereocenters. The first kappa shape index (κ1) is 55.9. The standard InChI is InChI=1S/C49H89N2O6P/c1-6-8-10-12-14-16-18-20-22-24-25-27-28-30-32-34-36-38-40-42-48(52)47(46-57-58(54,55)56-45-44-51(3,4)5)50-49(53)43-41-39-37-35-33-31-29-26-23-21-19-17-15-13-11-9-7-2/h9,11,15,17,21,23,29,31,35,37,40,42,47-48,52H,6-8,10,12-14,16,18-20,22,24-28,30,32-34,36,38-39,41,43-46H2,1-5H3,(H-,50,53,54,55)/p+1/b11-9-,17-15-,23-21-,31-29-,37-35-,42-40+. The van der Waals surface area contributed by atoms with Gasteiger partial charge >= 0.3 is 7.82 Å². The maximum atomic E-state index is 12.9. The van der Waals surface area contributed by atoms with Crippen LogP contribution < -0.4 is 5.32 Å². The largest absolute Gasteiger partial charge is 0.472 e. The summed E-state index contributed by atoms with van der Waals surface area (Å²) in [5.74, 6) is -0.236. The summed E-state index contributed by atoms with van der Waals surface area (Å²) in [5.41, 5.74) is 0. The van der Waals surface area contributed by atoms with Crippen molar-refractivity contribution < 1.29 is 32.9 Å². The highest BCUT2D eigenvalue weighted by Crippen LogP contribution is 2.43. The molecule has 0 saturated carbocycles. The first-order valence-corrected chi connectivity index (χ1v) is 24.8. The zero-order valence-corrected chi connectivity index (χ0v) is 38.9. The van der Waals surface area contributed by atoms with Crippen LogP contribution in [-0.4, -0.2) is 73.4 Å². The SMILES string of the molecule is CC/C=C\C/C=C\C/C=C\C/C=C\C/C=C\CCCC(=O)NC(COP(=O)(O)OCC[N+](C)(C)C)C(O)/C=C/CCCCCCCCCCCCCCCCCCC. The number of phosphoric acid groups is 1. The molecule has 0 rings (SSSR count). The van der Waals surface area contributed by atoms with Gasteiger partial charge < -0.3 is 19.8 Å². The van der Waals surface area contributed by atoms with Crippen LogP contribution in [0, 0.1) is 0 Å². The van der Waals surface area contributed by atoms with E-state index in [0.29, 0.717) is 17.4 Å². The molecule has 58 heavy (non-hydrogen) atoms. The van der Waals surface area contributed by atoms with Crippen LogP contribution in [0.4, 0.5) is 0 Å². The number of allylic oxidation sites excluding steroid dienone is 11. The molecule has 0 aliphatic carbocycles. The zero-order chi connectivity index (χ0) is 42.8. The molecule has 3 atom stereocenters. The zero-order valence-electron chi connectivity index (χ0n) is 38.0. The van der Waals surface area contributed by atoms with E-state index >= 15 is 0 Å². The van der Waals surface area contributed by atoms with Crippen molar-refractivity contribution in [2.75, 3.05) is 40.9 Å². The number of hydrogen-bond donors (Lipinski definition) is 3. The van der Waals surface area contributed by atoms with Crippen LogP contribution in [0.2, 0.25) is 0 Å². The predicted octanol–water partition coefficient (Wildman–Crippen LogP) is 13.2. The van der Waals surface area contributed by atoms with Gasteiger partial charge in [0.15, 0.2) is 0 Å². The molecule has 0 bridgehead atoms. The molecule has 1 amide bonds. The van der Waals surface area contributed by atoms with Crippen molar-refractivity contribution in [2.24, 2.45) is 0 Å². The van der Waals surface area contributed by atoms with Gasteiger partial charge in [-0.3, -0.25) is 13.8 Å². The summed E-state index contributed by atoms with van der Waals surface area (Å²) in [6, 6.07) is -0.879. The summed E-state index contributed by atoms with van der Waals surface area (Å²) in [7, 11) is 1.53. The second kappa shape index (κ2) is 40.4.